The summed E-state index contributed by atoms with van der Waals surface area (Å²) in [7, 11) is 0. The van der Waals surface area contributed by atoms with Crippen LogP contribution in [-0.4, -0.2) is 44.8 Å². The van der Waals surface area contributed by atoms with Crippen LogP contribution in [0.2, 0.25) is 10.0 Å². The van der Waals surface area contributed by atoms with Crippen LogP contribution in [0.15, 0.2) is 36.5 Å². The monoisotopic (exact) mass is 447 g/mol. The van der Waals surface area contributed by atoms with Gasteiger partial charge in [-0.25, -0.2) is 0 Å². The molecule has 1 saturated carbocycles. The fourth-order valence-corrected chi connectivity index (χ4v) is 4.41. The maximum Gasteiger partial charge on any atom is 0.243 e. The lowest BCUT2D eigenvalue weighted by Crippen LogP contribution is -2.53. The lowest BCUT2D eigenvalue weighted by Gasteiger charge is -2.41. The summed E-state index contributed by atoms with van der Waals surface area (Å²) in [5.74, 6) is 0.103. The number of halogens is 2. The Kier molecular flexibility index (Phi) is 5.62. The number of benzene rings is 1. The number of aromatic nitrogens is 1. The molecule has 1 fully saturated rings. The quantitative estimate of drug-likeness (QED) is 0.677. The van der Waals surface area contributed by atoms with E-state index in [1.165, 1.54) is 0 Å². The molecule has 0 bridgehead atoms. The van der Waals surface area contributed by atoms with Crippen molar-refractivity contribution < 1.29 is 9.59 Å². The van der Waals surface area contributed by atoms with Gasteiger partial charge in [-0.2, -0.15) is 0 Å². The molecule has 1 unspecified atom stereocenters. The number of nitrogens with zero attached hydrogens (tertiary/aromatic N) is 3. The molecule has 1 atom stereocenters. The maximum atomic E-state index is 13.5. The van der Waals surface area contributed by atoms with Crippen molar-refractivity contribution in [1.29, 1.82) is 0 Å². The second kappa shape index (κ2) is 7.93. The Morgan fingerprint density at radius 1 is 1.10 bits per heavy atom. The molecule has 1 aromatic heterocycles. The summed E-state index contributed by atoms with van der Waals surface area (Å²) in [5, 5.41) is 0.948. The fraction of sp³-hybridized carbons (Fsp3) is 0.478. The van der Waals surface area contributed by atoms with E-state index in [9.17, 15) is 9.59 Å². The Bertz CT molecular complexity index is 975. The number of hydrogen-bond acceptors (Lipinski definition) is 2. The molecule has 5 nitrogen and oxygen atoms in total. The van der Waals surface area contributed by atoms with Crippen LogP contribution in [0.4, 0.5) is 0 Å². The van der Waals surface area contributed by atoms with Gasteiger partial charge in [0.1, 0.15) is 6.54 Å². The van der Waals surface area contributed by atoms with Gasteiger partial charge in [-0.3, -0.25) is 9.59 Å². The van der Waals surface area contributed by atoms with E-state index in [2.05, 4.69) is 4.57 Å². The van der Waals surface area contributed by atoms with Gasteiger partial charge in [0, 0.05) is 36.4 Å². The molecule has 7 heteroatoms. The van der Waals surface area contributed by atoms with Gasteiger partial charge in [0.2, 0.25) is 11.8 Å². The van der Waals surface area contributed by atoms with E-state index in [-0.39, 0.29) is 30.3 Å². The van der Waals surface area contributed by atoms with Crippen molar-refractivity contribution in [1.82, 2.24) is 14.4 Å². The lowest BCUT2D eigenvalue weighted by molar-refractivity contribution is -0.147. The van der Waals surface area contributed by atoms with Gasteiger partial charge in [-0.05, 0) is 63.4 Å². The second-order valence-corrected chi connectivity index (χ2v) is 9.97. The molecule has 2 aliphatic rings. The van der Waals surface area contributed by atoms with Gasteiger partial charge in [0.25, 0.3) is 0 Å². The highest BCUT2D eigenvalue weighted by Crippen LogP contribution is 2.37. The van der Waals surface area contributed by atoms with Gasteiger partial charge >= 0.3 is 0 Å². The molecule has 30 heavy (non-hydrogen) atoms. The molecule has 0 spiro atoms. The summed E-state index contributed by atoms with van der Waals surface area (Å²) in [4.78, 5) is 30.0. The standard InChI is InChI=1S/C23H27Cl2N3O2/c1-23(2,3)28(22(30)15-6-7-15)14-20(29)27-12-11-26-10-4-5-19(26)21(27)16-8-9-17(24)18(25)13-16/h4-5,8-10,13,15,21H,6-7,11-12,14H2,1-3H3. The van der Waals surface area contributed by atoms with Crippen molar-refractivity contribution in [2.45, 2.75) is 51.7 Å². The van der Waals surface area contributed by atoms with Crippen LogP contribution in [0.3, 0.4) is 0 Å². The Hall–Kier alpha value is -1.98. The van der Waals surface area contributed by atoms with Crippen molar-refractivity contribution in [2.24, 2.45) is 5.92 Å². The molecule has 4 rings (SSSR count). The molecule has 0 N–H and O–H groups in total. The smallest absolute Gasteiger partial charge is 0.243 e. The number of fused-ring (bicyclic) bond motifs is 1. The normalized spacial score (nSPS) is 18.8. The van der Waals surface area contributed by atoms with E-state index >= 15 is 0 Å². The highest BCUT2D eigenvalue weighted by Gasteiger charge is 2.40. The van der Waals surface area contributed by atoms with Gasteiger partial charge in [-0.15, -0.1) is 0 Å². The first-order valence-electron chi connectivity index (χ1n) is 10.4. The van der Waals surface area contributed by atoms with Gasteiger partial charge in [-0.1, -0.05) is 29.3 Å². The lowest BCUT2D eigenvalue weighted by atomic mass is 9.99. The van der Waals surface area contributed by atoms with Gasteiger partial charge < -0.3 is 14.4 Å². The van der Waals surface area contributed by atoms with Crippen molar-refractivity contribution in [3.8, 4) is 0 Å². The van der Waals surface area contributed by atoms with Crippen LogP contribution < -0.4 is 0 Å². The summed E-state index contributed by atoms with van der Waals surface area (Å²) >= 11 is 12.4. The summed E-state index contributed by atoms with van der Waals surface area (Å²) < 4.78 is 2.16. The van der Waals surface area contributed by atoms with Gasteiger partial charge in [0.15, 0.2) is 0 Å². The number of amides is 2. The third-order valence-electron chi connectivity index (χ3n) is 5.91. The molecular formula is C23H27Cl2N3O2. The predicted octanol–water partition coefficient (Wildman–Crippen LogP) is 4.76. The van der Waals surface area contributed by atoms with Crippen LogP contribution in [0.25, 0.3) is 0 Å². The minimum atomic E-state index is -0.412. The van der Waals surface area contributed by atoms with E-state index < -0.39 is 5.54 Å². The number of rotatable bonds is 4. The van der Waals surface area contributed by atoms with E-state index in [4.69, 9.17) is 23.2 Å². The zero-order chi connectivity index (χ0) is 21.6. The Morgan fingerprint density at radius 3 is 2.47 bits per heavy atom. The van der Waals surface area contributed by atoms with Crippen LogP contribution in [0.1, 0.15) is 50.9 Å². The third kappa shape index (κ3) is 4.10. The summed E-state index contributed by atoms with van der Waals surface area (Å²) in [5.41, 5.74) is 1.53. The van der Waals surface area contributed by atoms with Crippen molar-refractivity contribution in [3.05, 3.63) is 57.8 Å². The first-order chi connectivity index (χ1) is 14.2. The Balaban J connectivity index is 1.66. The molecule has 0 radical (unpaired) electrons. The topological polar surface area (TPSA) is 45.6 Å². The van der Waals surface area contributed by atoms with Crippen molar-refractivity contribution >= 4 is 35.0 Å². The molecule has 160 valence electrons. The largest absolute Gasteiger partial charge is 0.348 e. The molecule has 2 aromatic rings. The first-order valence-corrected chi connectivity index (χ1v) is 11.1. The zero-order valence-electron chi connectivity index (χ0n) is 17.6. The van der Waals surface area contributed by atoms with Crippen molar-refractivity contribution in [2.75, 3.05) is 13.1 Å². The molecular weight excluding hydrogens is 421 g/mol. The SMILES string of the molecule is CC(C)(C)N(CC(=O)N1CCn2cccc2C1c1ccc(Cl)c(Cl)c1)C(=O)C1CC1. The number of hydrogen-bond donors (Lipinski definition) is 0. The molecule has 2 amide bonds. The molecule has 2 heterocycles. The Labute approximate surface area is 187 Å². The van der Waals surface area contributed by atoms with E-state index in [0.29, 0.717) is 16.6 Å². The van der Waals surface area contributed by atoms with Gasteiger partial charge in [0.05, 0.1) is 16.1 Å². The van der Waals surface area contributed by atoms with Crippen LogP contribution in [0.5, 0.6) is 0 Å². The van der Waals surface area contributed by atoms with Crippen LogP contribution in [-0.2, 0) is 16.1 Å². The first kappa shape index (κ1) is 21.3. The predicted molar refractivity (Wildman–Crippen MR) is 119 cm³/mol. The minimum absolute atomic E-state index is 0.0533. The van der Waals surface area contributed by atoms with Crippen molar-refractivity contribution in [3.63, 3.8) is 0 Å². The molecule has 0 saturated heterocycles. The summed E-state index contributed by atoms with van der Waals surface area (Å²) in [6.45, 7) is 7.32. The third-order valence-corrected chi connectivity index (χ3v) is 6.65. The molecule has 1 aromatic carbocycles. The van der Waals surface area contributed by atoms with E-state index in [1.54, 1.807) is 11.0 Å². The minimum Gasteiger partial charge on any atom is -0.348 e. The summed E-state index contributed by atoms with van der Waals surface area (Å²) in [6.07, 6.45) is 3.87. The van der Waals surface area contributed by atoms with E-state index in [1.807, 2.05) is 56.1 Å². The average Bonchev–Trinajstić information content (AvgIpc) is 3.43. The van der Waals surface area contributed by atoms with E-state index in [0.717, 1.165) is 30.6 Å². The zero-order valence-corrected chi connectivity index (χ0v) is 19.1. The maximum absolute atomic E-state index is 13.5. The van der Waals surface area contributed by atoms with Crippen LogP contribution in [0, 0.1) is 5.92 Å². The highest BCUT2D eigenvalue weighted by atomic mass is 35.5. The average molecular weight is 448 g/mol. The highest BCUT2D eigenvalue weighted by molar-refractivity contribution is 6.42. The summed E-state index contributed by atoms with van der Waals surface area (Å²) in [6, 6.07) is 9.26. The molecule has 1 aliphatic heterocycles. The second-order valence-electron chi connectivity index (χ2n) is 9.16. The fourth-order valence-electron chi connectivity index (χ4n) is 4.11. The molecule has 1 aliphatic carbocycles. The number of carbonyl (C=O) groups is 2. The number of carbonyl (C=O) groups excluding carboxylic acids is 2. The Morgan fingerprint density at radius 2 is 1.83 bits per heavy atom. The van der Waals surface area contributed by atoms with Crippen LogP contribution >= 0.6 is 23.2 Å².